The fourth-order valence-electron chi connectivity index (χ4n) is 2.32. The van der Waals surface area contributed by atoms with Crippen LogP contribution in [0.5, 0.6) is 0 Å². The molecule has 0 aliphatic carbocycles. The van der Waals surface area contributed by atoms with Gasteiger partial charge in [-0.25, -0.2) is 9.97 Å². The number of benzene rings is 1. The third kappa shape index (κ3) is 2.72. The van der Waals surface area contributed by atoms with E-state index in [0.29, 0.717) is 6.54 Å². The van der Waals surface area contributed by atoms with E-state index in [0.717, 1.165) is 29.1 Å². The molecule has 3 aromatic rings. The predicted octanol–water partition coefficient (Wildman–Crippen LogP) is 2.92. The lowest BCUT2D eigenvalue weighted by molar-refractivity contribution is 0.790. The first-order valence-corrected chi connectivity index (χ1v) is 7.14. The van der Waals surface area contributed by atoms with Crippen molar-refractivity contribution in [3.63, 3.8) is 0 Å². The summed E-state index contributed by atoms with van der Waals surface area (Å²) in [5.41, 5.74) is 5.63. The van der Waals surface area contributed by atoms with E-state index in [2.05, 4.69) is 50.8 Å². The molecule has 1 N–H and O–H groups in total. The zero-order valence-electron chi connectivity index (χ0n) is 12.6. The van der Waals surface area contributed by atoms with Crippen LogP contribution in [0.1, 0.15) is 23.7 Å². The monoisotopic (exact) mass is 281 g/mol. The van der Waals surface area contributed by atoms with Crippen LogP contribution in [0.3, 0.4) is 0 Å². The highest BCUT2D eigenvalue weighted by molar-refractivity contribution is 5.77. The summed E-state index contributed by atoms with van der Waals surface area (Å²) in [4.78, 5) is 13.3. The van der Waals surface area contributed by atoms with Gasteiger partial charge in [0.05, 0.1) is 42.0 Å². The summed E-state index contributed by atoms with van der Waals surface area (Å²) in [6, 6.07) is 4.30. The topological polar surface area (TPSA) is 55.6 Å². The Hall–Kier alpha value is -2.43. The molecule has 5 heteroatoms. The molecular weight excluding hydrogens is 262 g/mol. The minimum atomic E-state index is 0.679. The molecule has 0 fully saturated rings. The van der Waals surface area contributed by atoms with Gasteiger partial charge in [0.15, 0.2) is 0 Å². The van der Waals surface area contributed by atoms with Crippen molar-refractivity contribution in [3.05, 3.63) is 47.7 Å². The molecule has 0 bridgehead atoms. The van der Waals surface area contributed by atoms with Crippen LogP contribution in [0.15, 0.2) is 30.9 Å². The van der Waals surface area contributed by atoms with Crippen molar-refractivity contribution >= 4 is 16.9 Å². The van der Waals surface area contributed by atoms with Crippen LogP contribution >= 0.6 is 0 Å². The molecule has 2 aromatic heterocycles. The van der Waals surface area contributed by atoms with Gasteiger partial charge in [0, 0.05) is 6.54 Å². The lowest BCUT2D eigenvalue weighted by Gasteiger charge is -2.06. The van der Waals surface area contributed by atoms with Crippen molar-refractivity contribution in [3.8, 4) is 0 Å². The maximum atomic E-state index is 4.47. The van der Waals surface area contributed by atoms with Crippen LogP contribution < -0.4 is 5.32 Å². The van der Waals surface area contributed by atoms with E-state index in [-0.39, 0.29) is 0 Å². The summed E-state index contributed by atoms with van der Waals surface area (Å²) in [6.45, 7) is 7.80. The number of hydrogen-bond acceptors (Lipinski definition) is 4. The molecule has 5 nitrogen and oxygen atoms in total. The van der Waals surface area contributed by atoms with Crippen molar-refractivity contribution in [2.24, 2.45) is 0 Å². The van der Waals surface area contributed by atoms with Crippen LogP contribution in [0.2, 0.25) is 0 Å². The number of nitrogens with zero attached hydrogens (tertiary/aromatic N) is 4. The Kier molecular flexibility index (Phi) is 3.56. The fraction of sp³-hybridized carbons (Fsp3) is 0.312. The summed E-state index contributed by atoms with van der Waals surface area (Å²) >= 11 is 0. The van der Waals surface area contributed by atoms with E-state index in [1.165, 1.54) is 11.1 Å². The van der Waals surface area contributed by atoms with Crippen LogP contribution in [-0.2, 0) is 6.54 Å². The molecule has 108 valence electrons. The van der Waals surface area contributed by atoms with E-state index in [1.54, 1.807) is 6.20 Å². The second kappa shape index (κ2) is 5.52. The minimum Gasteiger partial charge on any atom is -0.369 e. The summed E-state index contributed by atoms with van der Waals surface area (Å²) in [5, 5.41) is 3.14. The highest BCUT2D eigenvalue weighted by Crippen LogP contribution is 2.19. The first-order chi connectivity index (χ1) is 10.2. The Bertz CT molecular complexity index is 758. The van der Waals surface area contributed by atoms with Gasteiger partial charge in [-0.1, -0.05) is 0 Å². The Balaban J connectivity index is 1.89. The first kappa shape index (κ1) is 13.5. The Morgan fingerprint density at radius 1 is 1.05 bits per heavy atom. The third-order valence-electron chi connectivity index (χ3n) is 3.63. The highest BCUT2D eigenvalue weighted by Gasteiger charge is 2.06. The van der Waals surface area contributed by atoms with Crippen molar-refractivity contribution in [2.75, 3.05) is 11.9 Å². The van der Waals surface area contributed by atoms with E-state index < -0.39 is 0 Å². The molecule has 1 aromatic carbocycles. The quantitative estimate of drug-likeness (QED) is 0.799. The minimum absolute atomic E-state index is 0.679. The lowest BCUT2D eigenvalue weighted by Crippen LogP contribution is -2.04. The van der Waals surface area contributed by atoms with Gasteiger partial charge in [-0.2, -0.15) is 0 Å². The predicted molar refractivity (Wildman–Crippen MR) is 84.5 cm³/mol. The van der Waals surface area contributed by atoms with Crippen LogP contribution in [0.25, 0.3) is 11.0 Å². The molecular formula is C16H19N5. The molecule has 0 atom stereocenters. The molecule has 0 radical (unpaired) electrons. The van der Waals surface area contributed by atoms with Gasteiger partial charge in [0.2, 0.25) is 0 Å². The molecule has 0 saturated carbocycles. The molecule has 0 unspecified atom stereocenters. The number of aromatic nitrogens is 4. The van der Waals surface area contributed by atoms with Crippen LogP contribution in [-0.4, -0.2) is 26.1 Å². The largest absolute Gasteiger partial charge is 0.369 e. The number of anilines is 1. The zero-order chi connectivity index (χ0) is 14.8. The Morgan fingerprint density at radius 3 is 2.57 bits per heavy atom. The van der Waals surface area contributed by atoms with Crippen molar-refractivity contribution < 1.29 is 0 Å². The second-order valence-corrected chi connectivity index (χ2v) is 5.22. The highest BCUT2D eigenvalue weighted by atomic mass is 15.1. The molecule has 0 spiro atoms. The van der Waals surface area contributed by atoms with E-state index >= 15 is 0 Å². The summed E-state index contributed by atoms with van der Waals surface area (Å²) in [6.07, 6.45) is 5.45. The maximum Gasteiger partial charge on any atom is 0.144 e. The van der Waals surface area contributed by atoms with Gasteiger partial charge in [-0.05, 0) is 44.0 Å². The van der Waals surface area contributed by atoms with Crippen LogP contribution in [0, 0.1) is 13.8 Å². The second-order valence-electron chi connectivity index (χ2n) is 5.22. The van der Waals surface area contributed by atoms with Gasteiger partial charge in [-0.3, -0.25) is 4.98 Å². The number of imidazole rings is 1. The molecule has 3 rings (SSSR count). The normalized spacial score (nSPS) is 11.0. The first-order valence-electron chi connectivity index (χ1n) is 7.14. The number of hydrogen-bond donors (Lipinski definition) is 1. The van der Waals surface area contributed by atoms with E-state index in [4.69, 9.17) is 0 Å². The number of aryl methyl sites for hydroxylation is 2. The number of fused-ring (bicyclic) bond motifs is 1. The fourth-order valence-corrected chi connectivity index (χ4v) is 2.32. The molecule has 0 amide bonds. The lowest BCUT2D eigenvalue weighted by atomic mass is 10.1. The van der Waals surface area contributed by atoms with E-state index in [1.807, 2.05) is 19.4 Å². The summed E-state index contributed by atoms with van der Waals surface area (Å²) in [5.74, 6) is 0.809. The van der Waals surface area contributed by atoms with Gasteiger partial charge in [0.1, 0.15) is 5.82 Å². The molecule has 0 saturated heterocycles. The SMILES string of the molecule is CCNc1cnc(Cn2cnc3cc(C)c(C)cc32)cn1. The zero-order valence-corrected chi connectivity index (χ0v) is 12.6. The van der Waals surface area contributed by atoms with Crippen molar-refractivity contribution in [1.29, 1.82) is 0 Å². The van der Waals surface area contributed by atoms with Crippen molar-refractivity contribution in [2.45, 2.75) is 27.3 Å². The Labute approximate surface area is 124 Å². The Morgan fingerprint density at radius 2 is 1.86 bits per heavy atom. The third-order valence-corrected chi connectivity index (χ3v) is 3.63. The number of nitrogens with one attached hydrogen (secondary N) is 1. The van der Waals surface area contributed by atoms with E-state index in [9.17, 15) is 0 Å². The molecule has 0 aliphatic heterocycles. The smallest absolute Gasteiger partial charge is 0.144 e. The number of rotatable bonds is 4. The molecule has 0 aliphatic rings. The molecule has 2 heterocycles. The standard InChI is InChI=1S/C16H19N5/c1-4-17-16-8-18-13(7-19-16)9-21-10-20-14-5-11(2)12(3)6-15(14)21/h5-8,10H,4,9H2,1-3H3,(H,17,19). The average Bonchev–Trinajstić information content (AvgIpc) is 2.84. The van der Waals surface area contributed by atoms with Crippen molar-refractivity contribution in [1.82, 2.24) is 19.5 Å². The maximum absolute atomic E-state index is 4.47. The van der Waals surface area contributed by atoms with Gasteiger partial charge >= 0.3 is 0 Å². The summed E-state index contributed by atoms with van der Waals surface area (Å²) in [7, 11) is 0. The average molecular weight is 281 g/mol. The van der Waals surface area contributed by atoms with Gasteiger partial charge < -0.3 is 9.88 Å². The molecule has 21 heavy (non-hydrogen) atoms. The van der Waals surface area contributed by atoms with Gasteiger partial charge in [-0.15, -0.1) is 0 Å². The van der Waals surface area contributed by atoms with Crippen LogP contribution in [0.4, 0.5) is 5.82 Å². The summed E-state index contributed by atoms with van der Waals surface area (Å²) < 4.78 is 2.11. The van der Waals surface area contributed by atoms with Gasteiger partial charge in [0.25, 0.3) is 0 Å².